The van der Waals surface area contributed by atoms with Crippen molar-refractivity contribution in [3.05, 3.63) is 48.5 Å². The summed E-state index contributed by atoms with van der Waals surface area (Å²) in [5, 5.41) is 4.02. The largest absolute Gasteiger partial charge is 0.399 e. The summed E-state index contributed by atoms with van der Waals surface area (Å²) in [6, 6.07) is 15.4. The molecule has 3 rings (SSSR count). The molecule has 5 nitrogen and oxygen atoms in total. The summed E-state index contributed by atoms with van der Waals surface area (Å²) in [5.41, 5.74) is 9.26. The smallest absolute Gasteiger partial charge is 0.258 e. The van der Waals surface area contributed by atoms with Gasteiger partial charge in [-0.25, -0.2) is 0 Å². The molecule has 0 atom stereocenters. The zero-order valence-corrected chi connectivity index (χ0v) is 11.9. The van der Waals surface area contributed by atoms with E-state index in [-0.39, 0.29) is 0 Å². The first-order valence-electron chi connectivity index (χ1n) is 6.61. The Kier molecular flexibility index (Phi) is 3.31. The third kappa shape index (κ3) is 2.72. The maximum absolute atomic E-state index is 5.78. The minimum absolute atomic E-state index is 0.496. The first-order valence-corrected chi connectivity index (χ1v) is 6.61. The average Bonchev–Trinajstić information content (AvgIpc) is 2.97. The zero-order valence-electron chi connectivity index (χ0n) is 11.9. The molecule has 5 heteroatoms. The van der Waals surface area contributed by atoms with Crippen LogP contribution in [0.4, 0.5) is 11.4 Å². The van der Waals surface area contributed by atoms with E-state index in [4.69, 9.17) is 10.3 Å². The van der Waals surface area contributed by atoms with Crippen LogP contribution in [0.5, 0.6) is 0 Å². The Bertz CT molecular complexity index is 764. The molecule has 0 saturated carbocycles. The van der Waals surface area contributed by atoms with E-state index in [0.717, 1.165) is 16.8 Å². The maximum atomic E-state index is 5.78. The van der Waals surface area contributed by atoms with Crippen LogP contribution >= 0.6 is 0 Å². The molecule has 0 aliphatic rings. The number of benzene rings is 2. The molecule has 0 saturated heterocycles. The molecule has 21 heavy (non-hydrogen) atoms. The number of hydrogen-bond acceptors (Lipinski definition) is 5. The van der Waals surface area contributed by atoms with E-state index in [1.54, 1.807) is 0 Å². The van der Waals surface area contributed by atoms with Gasteiger partial charge in [0.2, 0.25) is 5.82 Å². The lowest BCUT2D eigenvalue weighted by Crippen LogP contribution is -2.08. The van der Waals surface area contributed by atoms with Crippen LogP contribution in [-0.4, -0.2) is 24.2 Å². The third-order valence-electron chi connectivity index (χ3n) is 3.18. The highest BCUT2D eigenvalue weighted by Crippen LogP contribution is 2.25. The maximum Gasteiger partial charge on any atom is 0.258 e. The van der Waals surface area contributed by atoms with E-state index in [9.17, 15) is 0 Å². The van der Waals surface area contributed by atoms with Crippen molar-refractivity contribution in [1.82, 2.24) is 10.1 Å². The van der Waals surface area contributed by atoms with Crippen molar-refractivity contribution in [1.29, 1.82) is 0 Å². The van der Waals surface area contributed by atoms with Crippen molar-refractivity contribution < 1.29 is 4.52 Å². The van der Waals surface area contributed by atoms with Gasteiger partial charge in [-0.3, -0.25) is 0 Å². The number of nitrogen functional groups attached to an aromatic ring is 1. The molecule has 1 heterocycles. The Morgan fingerprint density at radius 3 is 2.52 bits per heavy atom. The fourth-order valence-electron chi connectivity index (χ4n) is 2.05. The molecule has 0 spiro atoms. The van der Waals surface area contributed by atoms with E-state index in [1.165, 1.54) is 0 Å². The first-order chi connectivity index (χ1) is 10.1. The van der Waals surface area contributed by atoms with Crippen LogP contribution in [0, 0.1) is 0 Å². The number of nitrogens with two attached hydrogens (primary N) is 1. The van der Waals surface area contributed by atoms with Gasteiger partial charge in [-0.15, -0.1) is 0 Å². The lowest BCUT2D eigenvalue weighted by Gasteiger charge is -2.12. The highest BCUT2D eigenvalue weighted by Gasteiger charge is 2.11. The van der Waals surface area contributed by atoms with Crippen molar-refractivity contribution in [3.8, 4) is 22.8 Å². The molecule has 3 aromatic rings. The van der Waals surface area contributed by atoms with Crippen LogP contribution in [-0.2, 0) is 0 Å². The van der Waals surface area contributed by atoms with Crippen molar-refractivity contribution in [2.75, 3.05) is 24.7 Å². The Morgan fingerprint density at radius 2 is 1.76 bits per heavy atom. The molecule has 0 aliphatic carbocycles. The summed E-state index contributed by atoms with van der Waals surface area (Å²) < 4.78 is 5.36. The molecule has 2 N–H and O–H groups in total. The molecule has 0 fully saturated rings. The van der Waals surface area contributed by atoms with Gasteiger partial charge in [-0.05, 0) is 30.3 Å². The second-order valence-corrected chi connectivity index (χ2v) is 4.99. The normalized spacial score (nSPS) is 10.6. The second-order valence-electron chi connectivity index (χ2n) is 4.99. The van der Waals surface area contributed by atoms with Gasteiger partial charge in [0.05, 0.1) is 0 Å². The zero-order chi connectivity index (χ0) is 14.8. The predicted octanol–water partition coefficient (Wildman–Crippen LogP) is 3.05. The quantitative estimate of drug-likeness (QED) is 0.747. The summed E-state index contributed by atoms with van der Waals surface area (Å²) in [4.78, 5) is 6.47. The topological polar surface area (TPSA) is 68.2 Å². The first kappa shape index (κ1) is 13.2. The van der Waals surface area contributed by atoms with Crippen LogP contribution in [0.2, 0.25) is 0 Å². The van der Waals surface area contributed by atoms with Crippen LogP contribution < -0.4 is 10.6 Å². The fourth-order valence-corrected chi connectivity index (χ4v) is 2.05. The van der Waals surface area contributed by atoms with Gasteiger partial charge in [-0.2, -0.15) is 4.98 Å². The van der Waals surface area contributed by atoms with Gasteiger partial charge in [0, 0.05) is 36.6 Å². The van der Waals surface area contributed by atoms with Crippen molar-refractivity contribution in [2.24, 2.45) is 0 Å². The number of hydrogen-bond donors (Lipinski definition) is 1. The summed E-state index contributed by atoms with van der Waals surface area (Å²) in [7, 11) is 3.98. The lowest BCUT2D eigenvalue weighted by molar-refractivity contribution is 0.432. The average molecular weight is 280 g/mol. The Balaban J connectivity index is 1.97. The van der Waals surface area contributed by atoms with Gasteiger partial charge in [0.1, 0.15) is 0 Å². The number of anilines is 2. The monoisotopic (exact) mass is 280 g/mol. The minimum Gasteiger partial charge on any atom is -0.399 e. The van der Waals surface area contributed by atoms with Crippen molar-refractivity contribution in [2.45, 2.75) is 0 Å². The molecule has 0 unspecified atom stereocenters. The molecular weight excluding hydrogens is 264 g/mol. The molecular formula is C16H16N4O. The standard InChI is InChI=1S/C16H16N4O/c1-20(2)14-8-4-6-12(10-14)16-18-15(19-21-16)11-5-3-7-13(17)9-11/h3-10H,17H2,1-2H3. The van der Waals surface area contributed by atoms with E-state index in [2.05, 4.69) is 10.1 Å². The summed E-state index contributed by atoms with van der Waals surface area (Å²) in [6.45, 7) is 0. The molecule has 2 aromatic carbocycles. The SMILES string of the molecule is CN(C)c1cccc(-c2nc(-c3cccc(N)c3)no2)c1. The summed E-state index contributed by atoms with van der Waals surface area (Å²) in [6.07, 6.45) is 0. The van der Waals surface area contributed by atoms with Gasteiger partial charge < -0.3 is 15.2 Å². The van der Waals surface area contributed by atoms with E-state index in [0.29, 0.717) is 17.4 Å². The van der Waals surface area contributed by atoms with Crippen molar-refractivity contribution in [3.63, 3.8) is 0 Å². The highest BCUT2D eigenvalue weighted by atomic mass is 16.5. The Hall–Kier alpha value is -2.82. The molecule has 0 bridgehead atoms. The fraction of sp³-hybridized carbons (Fsp3) is 0.125. The lowest BCUT2D eigenvalue weighted by atomic mass is 10.2. The number of nitrogens with zero attached hydrogens (tertiary/aromatic N) is 3. The van der Waals surface area contributed by atoms with Crippen LogP contribution in [0.25, 0.3) is 22.8 Å². The second kappa shape index (κ2) is 5.28. The minimum atomic E-state index is 0.496. The van der Waals surface area contributed by atoms with Crippen LogP contribution in [0.1, 0.15) is 0 Å². The molecule has 106 valence electrons. The predicted molar refractivity (Wildman–Crippen MR) is 83.9 cm³/mol. The highest BCUT2D eigenvalue weighted by molar-refractivity contribution is 5.65. The van der Waals surface area contributed by atoms with E-state index >= 15 is 0 Å². The van der Waals surface area contributed by atoms with Gasteiger partial charge in [0.15, 0.2) is 0 Å². The summed E-state index contributed by atoms with van der Waals surface area (Å²) >= 11 is 0. The Morgan fingerprint density at radius 1 is 1.00 bits per heavy atom. The summed E-state index contributed by atoms with van der Waals surface area (Å²) in [5.74, 6) is 1.03. The number of rotatable bonds is 3. The van der Waals surface area contributed by atoms with Gasteiger partial charge in [0.25, 0.3) is 5.89 Å². The third-order valence-corrected chi connectivity index (χ3v) is 3.18. The van der Waals surface area contributed by atoms with Gasteiger partial charge >= 0.3 is 0 Å². The van der Waals surface area contributed by atoms with Crippen LogP contribution in [0.3, 0.4) is 0 Å². The van der Waals surface area contributed by atoms with Crippen molar-refractivity contribution >= 4 is 11.4 Å². The Labute approximate surface area is 123 Å². The molecule has 0 amide bonds. The van der Waals surface area contributed by atoms with E-state index < -0.39 is 0 Å². The van der Waals surface area contributed by atoms with Gasteiger partial charge in [-0.1, -0.05) is 23.4 Å². The van der Waals surface area contributed by atoms with E-state index in [1.807, 2.05) is 67.5 Å². The molecule has 1 aromatic heterocycles. The molecule has 0 aliphatic heterocycles. The number of aromatic nitrogens is 2. The van der Waals surface area contributed by atoms with Crippen LogP contribution in [0.15, 0.2) is 53.1 Å². The molecule has 0 radical (unpaired) electrons.